The highest BCUT2D eigenvalue weighted by Crippen LogP contribution is 2.24. The highest BCUT2D eigenvalue weighted by molar-refractivity contribution is 7.90. The summed E-state index contributed by atoms with van der Waals surface area (Å²) in [5.74, 6) is -1.92. The second-order valence-electron chi connectivity index (χ2n) is 10.0. The average molecular weight is 546 g/mol. The number of benzene rings is 2. The van der Waals surface area contributed by atoms with Crippen LogP contribution in [-0.2, 0) is 25.1 Å². The number of oxazole rings is 1. The first-order chi connectivity index (χ1) is 17.9. The zero-order valence-electron chi connectivity index (χ0n) is 22.1. The number of hydrogen-bond donors (Lipinski definition) is 2. The first-order valence-electron chi connectivity index (χ1n) is 12.5. The van der Waals surface area contributed by atoms with Gasteiger partial charge in [0, 0.05) is 6.54 Å². The molecule has 10 nitrogen and oxygen atoms in total. The van der Waals surface area contributed by atoms with E-state index in [9.17, 15) is 23.1 Å². The summed E-state index contributed by atoms with van der Waals surface area (Å²) >= 11 is 0. The summed E-state index contributed by atoms with van der Waals surface area (Å²) in [4.78, 5) is 31.8. The molecule has 1 heterocycles. The van der Waals surface area contributed by atoms with E-state index in [1.807, 2.05) is 6.92 Å². The third-order valence-corrected chi connectivity index (χ3v) is 7.12. The number of rotatable bonds is 11. The number of hydrogen-bond acceptors (Lipinski definition) is 8. The van der Waals surface area contributed by atoms with E-state index in [1.165, 1.54) is 0 Å². The van der Waals surface area contributed by atoms with Gasteiger partial charge in [-0.2, -0.15) is 0 Å². The van der Waals surface area contributed by atoms with E-state index in [1.54, 1.807) is 75.4 Å². The van der Waals surface area contributed by atoms with Gasteiger partial charge in [0.2, 0.25) is 18.0 Å². The van der Waals surface area contributed by atoms with Gasteiger partial charge >= 0.3 is 6.09 Å². The molecule has 2 atom stereocenters. The molecule has 0 aliphatic carbocycles. The van der Waals surface area contributed by atoms with Crippen molar-refractivity contribution in [3.8, 4) is 0 Å². The number of aromatic nitrogens is 1. The van der Waals surface area contributed by atoms with E-state index in [-0.39, 0.29) is 18.2 Å². The minimum Gasteiger partial charge on any atom is -0.444 e. The number of nitrogens with one attached hydrogen (secondary N) is 1. The van der Waals surface area contributed by atoms with Crippen LogP contribution < -0.4 is 5.32 Å². The predicted octanol–water partition coefficient (Wildman–Crippen LogP) is 3.96. The molecule has 0 bridgehead atoms. The van der Waals surface area contributed by atoms with Crippen LogP contribution in [0.15, 0.2) is 59.0 Å². The standard InChI is InChI=1S/C27H35N3O7S/c1-5-6-16-30(25(32)23-28-20-14-10-11-15-22(20)36-23)24(31)21(29-26(33)37-27(2,3)4)18-38(34,35)17-19-12-8-7-9-13-19/h7-15,21,25,32H,5-6,16-18H2,1-4H3,(H,29,33). The minimum absolute atomic E-state index is 0.0838. The maximum absolute atomic E-state index is 13.8. The molecule has 3 aromatic rings. The minimum atomic E-state index is -3.87. The van der Waals surface area contributed by atoms with Crippen LogP contribution in [0, 0.1) is 0 Å². The van der Waals surface area contributed by atoms with E-state index >= 15 is 0 Å². The van der Waals surface area contributed by atoms with Crippen molar-refractivity contribution in [3.63, 3.8) is 0 Å². The van der Waals surface area contributed by atoms with Gasteiger partial charge in [-0.1, -0.05) is 55.8 Å². The first-order valence-corrected chi connectivity index (χ1v) is 14.3. The van der Waals surface area contributed by atoms with Crippen molar-refractivity contribution in [2.24, 2.45) is 0 Å². The van der Waals surface area contributed by atoms with Crippen LogP contribution in [0.25, 0.3) is 11.1 Å². The Bertz CT molecular complexity index is 1300. The molecule has 2 N–H and O–H groups in total. The summed E-state index contributed by atoms with van der Waals surface area (Å²) in [5.41, 5.74) is 0.599. The molecule has 0 saturated heterocycles. The number of sulfone groups is 1. The number of aliphatic hydroxyl groups excluding tert-OH is 1. The van der Waals surface area contributed by atoms with E-state index in [0.29, 0.717) is 29.5 Å². The van der Waals surface area contributed by atoms with E-state index < -0.39 is 45.5 Å². The molecule has 38 heavy (non-hydrogen) atoms. The predicted molar refractivity (Wildman–Crippen MR) is 143 cm³/mol. The Hall–Kier alpha value is -3.44. The third kappa shape index (κ3) is 8.29. The van der Waals surface area contributed by atoms with Crippen molar-refractivity contribution in [1.82, 2.24) is 15.2 Å². The maximum atomic E-state index is 13.8. The smallest absolute Gasteiger partial charge is 0.408 e. The van der Waals surface area contributed by atoms with Crippen LogP contribution in [0.2, 0.25) is 0 Å². The van der Waals surface area contributed by atoms with Crippen LogP contribution >= 0.6 is 0 Å². The lowest BCUT2D eigenvalue weighted by Crippen LogP contribution is -2.53. The fourth-order valence-corrected chi connectivity index (χ4v) is 5.33. The summed E-state index contributed by atoms with van der Waals surface area (Å²) in [7, 11) is -3.87. The van der Waals surface area contributed by atoms with Gasteiger partial charge in [-0.15, -0.1) is 0 Å². The van der Waals surface area contributed by atoms with Gasteiger partial charge in [0.15, 0.2) is 15.4 Å². The number of alkyl carbamates (subject to hydrolysis) is 1. The zero-order valence-corrected chi connectivity index (χ0v) is 22.9. The molecule has 0 aliphatic rings. The monoisotopic (exact) mass is 545 g/mol. The van der Waals surface area contributed by atoms with Crippen molar-refractivity contribution in [3.05, 3.63) is 66.1 Å². The number of ether oxygens (including phenoxy) is 1. The van der Waals surface area contributed by atoms with Crippen molar-refractivity contribution < 1.29 is 32.3 Å². The highest BCUT2D eigenvalue weighted by atomic mass is 32.2. The second kappa shape index (κ2) is 12.4. The van der Waals surface area contributed by atoms with Crippen LogP contribution in [0.3, 0.4) is 0 Å². The summed E-state index contributed by atoms with van der Waals surface area (Å²) in [6.07, 6.45) is -1.33. The number of aliphatic hydroxyl groups is 1. The Morgan fingerprint density at radius 3 is 2.39 bits per heavy atom. The molecular weight excluding hydrogens is 510 g/mol. The second-order valence-corrected chi connectivity index (χ2v) is 12.1. The SMILES string of the molecule is CCCCN(C(=O)C(CS(=O)(=O)Cc1ccccc1)NC(=O)OC(C)(C)C)C(O)c1nc2ccccc2o1. The molecule has 1 aromatic heterocycles. The van der Waals surface area contributed by atoms with E-state index in [0.717, 1.165) is 4.90 Å². The van der Waals surface area contributed by atoms with Gasteiger partial charge in [-0.3, -0.25) is 4.79 Å². The number of carbonyl (C=O) groups is 2. The number of carbonyl (C=O) groups excluding carboxylic acids is 2. The molecule has 206 valence electrons. The Morgan fingerprint density at radius 2 is 1.76 bits per heavy atom. The number of unbranched alkanes of at least 4 members (excludes halogenated alkanes) is 1. The lowest BCUT2D eigenvalue weighted by Gasteiger charge is -2.30. The molecule has 0 aliphatic heterocycles. The number of nitrogens with zero attached hydrogens (tertiary/aromatic N) is 2. The fraction of sp³-hybridized carbons (Fsp3) is 0.444. The molecule has 2 unspecified atom stereocenters. The van der Waals surface area contributed by atoms with Gasteiger partial charge in [-0.25, -0.2) is 18.2 Å². The number of fused-ring (bicyclic) bond motifs is 1. The molecule has 3 rings (SSSR count). The molecule has 0 radical (unpaired) electrons. The van der Waals surface area contributed by atoms with Crippen molar-refractivity contribution in [1.29, 1.82) is 0 Å². The highest BCUT2D eigenvalue weighted by Gasteiger charge is 2.36. The summed E-state index contributed by atoms with van der Waals surface area (Å²) in [5, 5.41) is 13.5. The largest absolute Gasteiger partial charge is 0.444 e. The summed E-state index contributed by atoms with van der Waals surface area (Å²) < 4.78 is 37.2. The molecular formula is C27H35N3O7S. The van der Waals surface area contributed by atoms with Crippen LogP contribution in [0.5, 0.6) is 0 Å². The number of para-hydroxylation sites is 2. The van der Waals surface area contributed by atoms with Crippen LogP contribution in [-0.4, -0.2) is 59.3 Å². The molecule has 2 aromatic carbocycles. The Labute approximate surface area is 222 Å². The Morgan fingerprint density at radius 1 is 1.11 bits per heavy atom. The maximum Gasteiger partial charge on any atom is 0.408 e. The first kappa shape index (κ1) is 29.1. The molecule has 0 saturated carbocycles. The summed E-state index contributed by atoms with van der Waals surface area (Å²) in [6.45, 7) is 6.95. The van der Waals surface area contributed by atoms with E-state index in [2.05, 4.69) is 10.3 Å². The van der Waals surface area contributed by atoms with Gasteiger partial charge in [0.05, 0.1) is 11.5 Å². The lowest BCUT2D eigenvalue weighted by molar-refractivity contribution is -0.145. The van der Waals surface area contributed by atoms with Gasteiger partial charge in [-0.05, 0) is 44.9 Å². The van der Waals surface area contributed by atoms with Gasteiger partial charge in [0.1, 0.15) is 17.2 Å². The van der Waals surface area contributed by atoms with Gasteiger partial charge < -0.3 is 24.5 Å². The quantitative estimate of drug-likeness (QED) is 0.345. The van der Waals surface area contributed by atoms with E-state index in [4.69, 9.17) is 9.15 Å². The third-order valence-electron chi connectivity index (χ3n) is 5.50. The topological polar surface area (TPSA) is 139 Å². The zero-order chi connectivity index (χ0) is 27.9. The molecule has 2 amide bonds. The molecule has 0 fully saturated rings. The molecule has 11 heteroatoms. The van der Waals surface area contributed by atoms with Crippen LogP contribution in [0.1, 0.15) is 58.2 Å². The number of amides is 2. The Balaban J connectivity index is 1.92. The lowest BCUT2D eigenvalue weighted by atomic mass is 10.2. The van der Waals surface area contributed by atoms with Crippen molar-refractivity contribution in [2.75, 3.05) is 12.3 Å². The molecule has 0 spiro atoms. The van der Waals surface area contributed by atoms with Crippen molar-refractivity contribution in [2.45, 2.75) is 64.2 Å². The van der Waals surface area contributed by atoms with Crippen LogP contribution in [0.4, 0.5) is 4.79 Å². The Kier molecular flexibility index (Phi) is 9.50. The average Bonchev–Trinajstić information content (AvgIpc) is 3.27. The fourth-order valence-electron chi connectivity index (χ4n) is 3.78. The van der Waals surface area contributed by atoms with Gasteiger partial charge in [0.25, 0.3) is 0 Å². The summed E-state index contributed by atoms with van der Waals surface area (Å²) in [6, 6.07) is 13.9. The normalized spacial score (nSPS) is 13.6. The van der Waals surface area contributed by atoms with Crippen molar-refractivity contribution >= 4 is 32.9 Å².